The van der Waals surface area contributed by atoms with Gasteiger partial charge in [-0.3, -0.25) is 4.79 Å². The first-order valence-electron chi connectivity index (χ1n) is 22.9. The number of allylic oxidation sites excluding steroid dienone is 6. The van der Waals surface area contributed by atoms with Crippen LogP contribution in [0.1, 0.15) is 165 Å². The zero-order valence-electron chi connectivity index (χ0n) is 40.8. The molecule has 1 aliphatic heterocycles. The quantitative estimate of drug-likeness (QED) is 0.128. The molecule has 0 saturated heterocycles. The molecule has 324 valence electrons. The monoisotopic (exact) mass is 833 g/mol. The van der Waals surface area contributed by atoms with E-state index in [0.29, 0.717) is 11.1 Å². The summed E-state index contributed by atoms with van der Waals surface area (Å²) in [6, 6.07) is 44.7. The van der Waals surface area contributed by atoms with Crippen molar-refractivity contribution < 1.29 is 9.37 Å². The van der Waals surface area contributed by atoms with Gasteiger partial charge in [-0.05, 0) is 95.8 Å². The zero-order valence-corrected chi connectivity index (χ0v) is 40.8. The summed E-state index contributed by atoms with van der Waals surface area (Å²) in [5, 5.41) is 0. The molecule has 7 rings (SSSR count). The van der Waals surface area contributed by atoms with Crippen LogP contribution in [-0.4, -0.2) is 16.1 Å². The van der Waals surface area contributed by atoms with Crippen molar-refractivity contribution in [2.45, 2.75) is 137 Å². The van der Waals surface area contributed by atoms with E-state index >= 15 is 4.79 Å². The maximum absolute atomic E-state index is 15.0. The molecule has 0 N–H and O–H groups in total. The lowest BCUT2D eigenvalue weighted by molar-refractivity contribution is -0.322. The summed E-state index contributed by atoms with van der Waals surface area (Å²) in [6.07, 6.45) is 9.11. The summed E-state index contributed by atoms with van der Waals surface area (Å²) in [4.78, 5) is 15.0. The molecule has 2 nitrogen and oxygen atoms in total. The molecule has 0 bridgehead atoms. The molecule has 1 aliphatic carbocycles. The molecule has 0 spiro atoms. The Hall–Kier alpha value is -5.60. The predicted octanol–water partition coefficient (Wildman–Crippen LogP) is 15.6. The Labute approximate surface area is 379 Å². The van der Waals surface area contributed by atoms with Crippen molar-refractivity contribution in [3.63, 3.8) is 0 Å². The van der Waals surface area contributed by atoms with E-state index < -0.39 is 0 Å². The fourth-order valence-corrected chi connectivity index (χ4v) is 8.55. The number of Topliss-reactive ketones (excluding diaryl/α,β-unsaturated/α-hetero) is 1. The summed E-state index contributed by atoms with van der Waals surface area (Å²) < 4.78 is 2.41. The lowest BCUT2D eigenvalue weighted by Gasteiger charge is -2.25. The van der Waals surface area contributed by atoms with Gasteiger partial charge in [-0.1, -0.05) is 201 Å². The number of rotatable bonds is 5. The van der Waals surface area contributed by atoms with E-state index in [4.69, 9.17) is 0 Å². The minimum absolute atomic E-state index is 0.00235. The molecule has 1 heterocycles. The van der Waals surface area contributed by atoms with E-state index in [1.165, 1.54) is 33.4 Å². The van der Waals surface area contributed by atoms with Crippen molar-refractivity contribution in [3.8, 4) is 0 Å². The number of hydrogen-bond acceptors (Lipinski definition) is 1. The van der Waals surface area contributed by atoms with Gasteiger partial charge in [-0.25, -0.2) is 0 Å². The van der Waals surface area contributed by atoms with E-state index in [2.05, 4.69) is 254 Å². The molecule has 0 saturated carbocycles. The van der Waals surface area contributed by atoms with Crippen LogP contribution in [0.4, 0.5) is 0 Å². The number of hydrogen-bond donors (Lipinski definition) is 0. The van der Waals surface area contributed by atoms with Gasteiger partial charge in [0.15, 0.2) is 5.78 Å². The second kappa shape index (κ2) is 16.5. The number of nitrogens with zero attached hydrogens (tertiary/aromatic N) is 1. The van der Waals surface area contributed by atoms with Crippen molar-refractivity contribution in [1.29, 1.82) is 0 Å². The molecular weight excluding hydrogens is 763 g/mol. The predicted molar refractivity (Wildman–Crippen MR) is 271 cm³/mol. The Bertz CT molecular complexity index is 2500. The molecule has 0 amide bonds. The molecule has 0 unspecified atom stereocenters. The smallest absolute Gasteiger partial charge is 0.215 e. The third-order valence-electron chi connectivity index (χ3n) is 12.9. The highest BCUT2D eigenvalue weighted by Gasteiger charge is 2.36. The Morgan fingerprint density at radius 1 is 0.349 bits per heavy atom. The van der Waals surface area contributed by atoms with Gasteiger partial charge in [-0.15, -0.1) is 0 Å². The van der Waals surface area contributed by atoms with Gasteiger partial charge >= 0.3 is 0 Å². The summed E-state index contributed by atoms with van der Waals surface area (Å²) in [5.74, 6) is 0.0252. The van der Waals surface area contributed by atoms with E-state index in [1.807, 2.05) is 0 Å². The zero-order chi connectivity index (χ0) is 45.9. The third kappa shape index (κ3) is 9.82. The molecule has 0 atom stereocenters. The van der Waals surface area contributed by atoms with E-state index in [9.17, 15) is 0 Å². The number of carbonyl (C=O) groups excluding carboxylic acids is 1. The van der Waals surface area contributed by atoms with E-state index in [-0.39, 0.29) is 38.8 Å². The van der Waals surface area contributed by atoms with Crippen LogP contribution in [0.15, 0.2) is 146 Å². The summed E-state index contributed by atoms with van der Waals surface area (Å²) in [6.45, 7) is 33.8. The minimum Gasteiger partial charge on any atom is -0.289 e. The third-order valence-corrected chi connectivity index (χ3v) is 12.9. The average molecular weight is 833 g/mol. The molecule has 0 radical (unpaired) electrons. The largest absolute Gasteiger partial charge is 0.289 e. The van der Waals surface area contributed by atoms with E-state index in [0.717, 1.165) is 39.4 Å². The fourth-order valence-electron chi connectivity index (χ4n) is 8.55. The summed E-state index contributed by atoms with van der Waals surface area (Å²) in [5.41, 5.74) is 16.2. The van der Waals surface area contributed by atoms with Crippen LogP contribution in [0, 0.1) is 0 Å². The molecule has 2 heteroatoms. The van der Waals surface area contributed by atoms with Gasteiger partial charge in [0.2, 0.25) is 17.1 Å². The van der Waals surface area contributed by atoms with Gasteiger partial charge in [0, 0.05) is 52.5 Å². The summed E-state index contributed by atoms with van der Waals surface area (Å²) in [7, 11) is 0. The summed E-state index contributed by atoms with van der Waals surface area (Å²) >= 11 is 0. The van der Waals surface area contributed by atoms with Crippen molar-refractivity contribution in [3.05, 3.63) is 201 Å². The van der Waals surface area contributed by atoms with Crippen LogP contribution in [0.3, 0.4) is 0 Å². The molecule has 5 aromatic rings. The molecule has 5 aromatic carbocycles. The normalized spacial score (nSPS) is 16.7. The second-order valence-electron chi connectivity index (χ2n) is 23.0. The molecule has 2 aliphatic rings. The second-order valence-corrected chi connectivity index (χ2v) is 23.0. The highest BCUT2D eigenvalue weighted by atomic mass is 16.1. The first kappa shape index (κ1) is 45.4. The minimum atomic E-state index is -0.0114. The van der Waals surface area contributed by atoms with Crippen LogP contribution in [0.25, 0.3) is 22.5 Å². The molecule has 0 aromatic heterocycles. The van der Waals surface area contributed by atoms with E-state index in [1.54, 1.807) is 0 Å². The van der Waals surface area contributed by atoms with Crippen LogP contribution < -0.4 is 0 Å². The molecule has 63 heavy (non-hydrogen) atoms. The first-order chi connectivity index (χ1) is 29.3. The number of ketones is 1. The van der Waals surface area contributed by atoms with Gasteiger partial charge < -0.3 is 0 Å². The number of benzene rings is 5. The van der Waals surface area contributed by atoms with Crippen molar-refractivity contribution >= 4 is 34.0 Å². The Morgan fingerprint density at radius 2 is 0.603 bits per heavy atom. The maximum atomic E-state index is 15.0. The van der Waals surface area contributed by atoms with Crippen LogP contribution in [-0.2, 0) is 31.9 Å². The SMILES string of the molecule is CC(C)(C)c1ccc(C2=CC(=[N+]3C(c4ccc(C(C)(C)C)cc4)=CC(c4ccc(C(C)(C)C)cc4)C=C3c3ccc(C(C)(C)C)cc3)C=C(c3ccc(C(C)(C)C)cc3)C2=O)cc1. The van der Waals surface area contributed by atoms with Gasteiger partial charge in [0.25, 0.3) is 0 Å². The van der Waals surface area contributed by atoms with Crippen molar-refractivity contribution in [1.82, 2.24) is 0 Å². The molecular formula is C61H70NO+. The van der Waals surface area contributed by atoms with Gasteiger partial charge in [0.1, 0.15) is 0 Å². The fraction of sp³-hybridized carbons (Fsp3) is 0.344. The highest BCUT2D eigenvalue weighted by Crippen LogP contribution is 2.41. The lowest BCUT2D eigenvalue weighted by Crippen LogP contribution is -2.25. The van der Waals surface area contributed by atoms with Crippen LogP contribution in [0.5, 0.6) is 0 Å². The van der Waals surface area contributed by atoms with Crippen LogP contribution >= 0.6 is 0 Å². The maximum Gasteiger partial charge on any atom is 0.215 e. The Balaban J connectivity index is 1.55. The lowest BCUT2D eigenvalue weighted by atomic mass is 9.82. The Morgan fingerprint density at radius 3 is 0.873 bits per heavy atom. The van der Waals surface area contributed by atoms with Gasteiger partial charge in [-0.2, -0.15) is 4.58 Å². The Kier molecular flexibility index (Phi) is 11.9. The highest BCUT2D eigenvalue weighted by molar-refractivity contribution is 6.48. The van der Waals surface area contributed by atoms with Crippen molar-refractivity contribution in [2.24, 2.45) is 0 Å². The number of carbonyl (C=O) groups is 1. The standard InChI is InChI=1S/C61H70NO/c1-57(2,3)46-26-16-40(17-27-46)45-36-54(43-22-32-49(33-23-43)60(10,11)12)62(55(37-45)44-24-34-50(35-25-44)61(13,14)15)51-38-52(41-18-28-47(29-19-41)58(4,5)6)56(63)53(39-51)42-20-30-48(31-21-42)59(7,8)9/h16-39,45H,1-15H3/q+1. The first-order valence-corrected chi connectivity index (χ1v) is 22.9. The molecule has 0 fully saturated rings. The van der Waals surface area contributed by atoms with Gasteiger partial charge in [0.05, 0.1) is 0 Å². The average Bonchev–Trinajstić information content (AvgIpc) is 3.22. The van der Waals surface area contributed by atoms with Crippen LogP contribution in [0.2, 0.25) is 0 Å². The van der Waals surface area contributed by atoms with Crippen molar-refractivity contribution in [2.75, 3.05) is 0 Å². The topological polar surface area (TPSA) is 20.1 Å².